The molecule has 33 heavy (non-hydrogen) atoms. The van der Waals surface area contributed by atoms with Crippen LogP contribution in [0.3, 0.4) is 0 Å². The first kappa shape index (κ1) is 26.3. The summed E-state index contributed by atoms with van der Waals surface area (Å²) in [5.41, 5.74) is 1.70. The van der Waals surface area contributed by atoms with E-state index in [4.69, 9.17) is 4.74 Å². The summed E-state index contributed by atoms with van der Waals surface area (Å²) in [6.45, 7) is 5.67. The van der Waals surface area contributed by atoms with E-state index in [1.165, 1.54) is 24.1 Å². The Bertz CT molecular complexity index is 1050. The molecule has 0 bridgehead atoms. The molecule has 2 aromatic rings. The summed E-state index contributed by atoms with van der Waals surface area (Å²) in [7, 11) is -0.954. The number of hydrogen-bond acceptors (Lipinski definition) is 5. The van der Waals surface area contributed by atoms with Crippen molar-refractivity contribution in [3.63, 3.8) is 0 Å². The lowest BCUT2D eigenvalue weighted by molar-refractivity contribution is -0.140. The summed E-state index contributed by atoms with van der Waals surface area (Å²) in [4.78, 5) is 27.4. The molecule has 1 atom stereocenters. The first-order valence-electron chi connectivity index (χ1n) is 10.8. The van der Waals surface area contributed by atoms with Crippen LogP contribution in [0.4, 0.5) is 0 Å². The number of hydrogen-bond donors (Lipinski definition) is 1. The number of carbonyl (C=O) groups excluding carboxylic acids is 2. The number of sulfonamides is 1. The Kier molecular flexibility index (Phi) is 9.43. The Labute approximate surface area is 196 Å². The molecule has 0 aliphatic carbocycles. The number of rotatable bonds is 11. The molecule has 0 aromatic heterocycles. The fourth-order valence-corrected chi connectivity index (χ4v) is 4.32. The molecule has 2 aromatic carbocycles. The van der Waals surface area contributed by atoms with Gasteiger partial charge in [0, 0.05) is 20.1 Å². The second kappa shape index (κ2) is 11.8. The van der Waals surface area contributed by atoms with Gasteiger partial charge in [-0.3, -0.25) is 9.59 Å². The molecule has 9 heteroatoms. The minimum absolute atomic E-state index is 0.108. The Hall–Kier alpha value is -2.91. The van der Waals surface area contributed by atoms with E-state index in [0.29, 0.717) is 12.3 Å². The number of benzene rings is 2. The first-order chi connectivity index (χ1) is 15.6. The third-order valence-electron chi connectivity index (χ3n) is 5.29. The topological polar surface area (TPSA) is 96.0 Å². The van der Waals surface area contributed by atoms with E-state index < -0.39 is 28.5 Å². The number of aryl methyl sites for hydroxylation is 1. The first-order valence-corrected chi connectivity index (χ1v) is 12.3. The lowest BCUT2D eigenvalue weighted by Gasteiger charge is -2.30. The molecule has 0 heterocycles. The van der Waals surface area contributed by atoms with Crippen molar-refractivity contribution in [1.29, 1.82) is 0 Å². The van der Waals surface area contributed by atoms with Gasteiger partial charge in [-0.15, -0.1) is 0 Å². The number of carbonyl (C=O) groups is 2. The van der Waals surface area contributed by atoms with Crippen molar-refractivity contribution < 1.29 is 22.7 Å². The lowest BCUT2D eigenvalue weighted by Crippen LogP contribution is -2.50. The molecular formula is C24H33N3O5S. The second-order valence-corrected chi connectivity index (χ2v) is 9.96. The second-order valence-electron chi connectivity index (χ2n) is 7.91. The van der Waals surface area contributed by atoms with Crippen molar-refractivity contribution in [3.05, 3.63) is 59.7 Å². The number of nitrogens with zero attached hydrogens (tertiary/aromatic N) is 2. The van der Waals surface area contributed by atoms with Crippen LogP contribution in [0.1, 0.15) is 31.4 Å². The maximum absolute atomic E-state index is 13.3. The van der Waals surface area contributed by atoms with Crippen LogP contribution in [0.2, 0.25) is 0 Å². The summed E-state index contributed by atoms with van der Waals surface area (Å²) in [6.07, 6.45) is 0.764. The van der Waals surface area contributed by atoms with Gasteiger partial charge in [0.15, 0.2) is 0 Å². The molecule has 0 saturated heterocycles. The maximum atomic E-state index is 13.3. The molecule has 0 aliphatic rings. The van der Waals surface area contributed by atoms with Crippen LogP contribution in [0.25, 0.3) is 0 Å². The van der Waals surface area contributed by atoms with Gasteiger partial charge < -0.3 is 15.0 Å². The monoisotopic (exact) mass is 475 g/mol. The predicted molar refractivity (Wildman–Crippen MR) is 127 cm³/mol. The van der Waals surface area contributed by atoms with Crippen molar-refractivity contribution in [3.8, 4) is 5.75 Å². The molecule has 0 aliphatic heterocycles. The highest BCUT2D eigenvalue weighted by molar-refractivity contribution is 7.89. The Morgan fingerprint density at radius 1 is 1.12 bits per heavy atom. The minimum Gasteiger partial charge on any atom is -0.497 e. The molecular weight excluding hydrogens is 442 g/mol. The molecule has 1 unspecified atom stereocenters. The van der Waals surface area contributed by atoms with Crippen LogP contribution < -0.4 is 10.1 Å². The van der Waals surface area contributed by atoms with Gasteiger partial charge in [-0.25, -0.2) is 8.42 Å². The number of amides is 2. The van der Waals surface area contributed by atoms with E-state index in [2.05, 4.69) is 5.32 Å². The van der Waals surface area contributed by atoms with Crippen molar-refractivity contribution in [2.45, 2.75) is 44.7 Å². The fourth-order valence-electron chi connectivity index (χ4n) is 3.20. The smallest absolute Gasteiger partial charge is 0.243 e. The zero-order valence-electron chi connectivity index (χ0n) is 19.9. The van der Waals surface area contributed by atoms with E-state index in [0.717, 1.165) is 21.9 Å². The van der Waals surface area contributed by atoms with Crippen molar-refractivity contribution >= 4 is 21.8 Å². The van der Waals surface area contributed by atoms with Gasteiger partial charge >= 0.3 is 0 Å². The lowest BCUT2D eigenvalue weighted by atomic mass is 10.1. The summed E-state index contributed by atoms with van der Waals surface area (Å²) in [5, 5.41) is 2.80. The van der Waals surface area contributed by atoms with Gasteiger partial charge in [-0.1, -0.05) is 36.8 Å². The number of methoxy groups -OCH3 is 1. The van der Waals surface area contributed by atoms with Gasteiger partial charge in [0.2, 0.25) is 21.8 Å². The molecule has 2 amide bonds. The summed E-state index contributed by atoms with van der Waals surface area (Å²) in [6, 6.07) is 12.8. The van der Waals surface area contributed by atoms with Crippen LogP contribution in [-0.2, 0) is 26.2 Å². The zero-order valence-corrected chi connectivity index (χ0v) is 20.7. The highest BCUT2D eigenvalue weighted by Crippen LogP contribution is 2.18. The fraction of sp³-hybridized carbons (Fsp3) is 0.417. The van der Waals surface area contributed by atoms with E-state index in [1.54, 1.807) is 44.4 Å². The number of likely N-dealkylation sites (N-methyl/N-ethyl adjacent to an activating group) is 1. The van der Waals surface area contributed by atoms with E-state index >= 15 is 0 Å². The molecule has 0 fully saturated rings. The van der Waals surface area contributed by atoms with Crippen LogP contribution in [-0.4, -0.2) is 62.7 Å². The molecule has 180 valence electrons. The normalized spacial score (nSPS) is 12.3. The number of nitrogens with one attached hydrogen (secondary N) is 1. The van der Waals surface area contributed by atoms with Gasteiger partial charge in [-0.2, -0.15) is 4.31 Å². The molecule has 0 radical (unpaired) electrons. The standard InChI is InChI=1S/C24H33N3O5S/c1-6-14-25-24(29)19(3)27(16-20-8-7-9-21(15-20)32-5)23(28)17-26(4)33(30,31)22-12-10-18(2)11-13-22/h7-13,15,19H,6,14,16-17H2,1-5H3,(H,25,29). The molecule has 0 saturated carbocycles. The van der Waals surface area contributed by atoms with Crippen molar-refractivity contribution in [1.82, 2.24) is 14.5 Å². The molecule has 1 N–H and O–H groups in total. The van der Waals surface area contributed by atoms with Crippen molar-refractivity contribution in [2.24, 2.45) is 0 Å². The van der Waals surface area contributed by atoms with E-state index in [1.807, 2.05) is 19.9 Å². The quantitative estimate of drug-likeness (QED) is 0.539. The third-order valence-corrected chi connectivity index (χ3v) is 7.11. The highest BCUT2D eigenvalue weighted by atomic mass is 32.2. The number of ether oxygens (including phenoxy) is 1. The van der Waals surface area contributed by atoms with Crippen LogP contribution in [0.15, 0.2) is 53.4 Å². The summed E-state index contributed by atoms with van der Waals surface area (Å²) < 4.78 is 32.2. The van der Waals surface area contributed by atoms with Crippen molar-refractivity contribution in [2.75, 3.05) is 27.2 Å². The van der Waals surface area contributed by atoms with E-state index in [-0.39, 0.29) is 17.3 Å². The van der Waals surface area contributed by atoms with Gasteiger partial charge in [0.25, 0.3) is 0 Å². The largest absolute Gasteiger partial charge is 0.497 e. The van der Waals surface area contributed by atoms with Crippen LogP contribution in [0, 0.1) is 6.92 Å². The Morgan fingerprint density at radius 3 is 2.39 bits per heavy atom. The van der Waals surface area contributed by atoms with Crippen LogP contribution in [0.5, 0.6) is 5.75 Å². The summed E-state index contributed by atoms with van der Waals surface area (Å²) in [5.74, 6) is -0.144. The third kappa shape index (κ3) is 7.03. The zero-order chi connectivity index (χ0) is 24.6. The Morgan fingerprint density at radius 2 is 1.79 bits per heavy atom. The van der Waals surface area contributed by atoms with Gasteiger partial charge in [0.05, 0.1) is 18.6 Å². The predicted octanol–water partition coefficient (Wildman–Crippen LogP) is 2.57. The molecule has 0 spiro atoms. The summed E-state index contributed by atoms with van der Waals surface area (Å²) >= 11 is 0. The average molecular weight is 476 g/mol. The molecule has 2 rings (SSSR count). The molecule has 8 nitrogen and oxygen atoms in total. The maximum Gasteiger partial charge on any atom is 0.243 e. The Balaban J connectivity index is 2.27. The van der Waals surface area contributed by atoms with Crippen LogP contribution >= 0.6 is 0 Å². The SMILES string of the molecule is CCCNC(=O)C(C)N(Cc1cccc(OC)c1)C(=O)CN(C)S(=O)(=O)c1ccc(C)cc1. The average Bonchev–Trinajstić information content (AvgIpc) is 2.80. The highest BCUT2D eigenvalue weighted by Gasteiger charge is 2.30. The minimum atomic E-state index is -3.86. The van der Waals surface area contributed by atoms with Gasteiger partial charge in [0.1, 0.15) is 11.8 Å². The van der Waals surface area contributed by atoms with E-state index in [9.17, 15) is 18.0 Å². The van der Waals surface area contributed by atoms with Gasteiger partial charge in [-0.05, 0) is 50.1 Å².